The van der Waals surface area contributed by atoms with Crippen molar-refractivity contribution >= 4 is 23.1 Å². The van der Waals surface area contributed by atoms with Crippen molar-refractivity contribution in [1.82, 2.24) is 4.90 Å². The first-order chi connectivity index (χ1) is 13.4. The minimum Gasteiger partial charge on any atom is -0.495 e. The zero-order valence-electron chi connectivity index (χ0n) is 16.5. The van der Waals surface area contributed by atoms with Crippen LogP contribution < -0.4 is 19.5 Å². The van der Waals surface area contributed by atoms with E-state index < -0.39 is 11.8 Å². The van der Waals surface area contributed by atoms with Crippen LogP contribution in [0.3, 0.4) is 0 Å². The average molecular weight is 382 g/mol. The number of ether oxygens (including phenoxy) is 3. The highest BCUT2D eigenvalue weighted by Crippen LogP contribution is 2.36. The van der Waals surface area contributed by atoms with E-state index in [1.165, 1.54) is 21.3 Å². The van der Waals surface area contributed by atoms with Gasteiger partial charge in [-0.3, -0.25) is 14.5 Å². The van der Waals surface area contributed by atoms with Crippen molar-refractivity contribution < 1.29 is 23.8 Å². The summed E-state index contributed by atoms with van der Waals surface area (Å²) in [4.78, 5) is 26.6. The number of imide groups is 1. The molecule has 7 nitrogen and oxygen atoms in total. The molecule has 0 atom stereocenters. The number of carbonyl (C=O) groups is 2. The van der Waals surface area contributed by atoms with Gasteiger partial charge in [0, 0.05) is 7.05 Å². The van der Waals surface area contributed by atoms with Crippen LogP contribution in [-0.4, -0.2) is 45.1 Å². The second kappa shape index (κ2) is 7.64. The lowest BCUT2D eigenvalue weighted by atomic mass is 10.0. The van der Waals surface area contributed by atoms with Crippen molar-refractivity contribution in [1.29, 1.82) is 0 Å². The maximum absolute atomic E-state index is 12.8. The summed E-state index contributed by atoms with van der Waals surface area (Å²) in [5.74, 6) is 0.755. The molecule has 2 aromatic rings. The van der Waals surface area contributed by atoms with E-state index in [4.69, 9.17) is 14.2 Å². The van der Waals surface area contributed by atoms with Crippen LogP contribution in [0.25, 0.3) is 5.57 Å². The summed E-state index contributed by atoms with van der Waals surface area (Å²) in [6.07, 6.45) is 0. The van der Waals surface area contributed by atoms with Gasteiger partial charge in [0.15, 0.2) is 11.5 Å². The Morgan fingerprint density at radius 2 is 1.46 bits per heavy atom. The van der Waals surface area contributed by atoms with E-state index in [9.17, 15) is 9.59 Å². The molecule has 3 rings (SSSR count). The van der Waals surface area contributed by atoms with Crippen molar-refractivity contribution in [2.75, 3.05) is 33.7 Å². The number of carbonyl (C=O) groups excluding carboxylic acids is 2. The molecule has 0 aliphatic carbocycles. The third kappa shape index (κ3) is 3.26. The Morgan fingerprint density at radius 3 is 2.11 bits per heavy atom. The molecular weight excluding hydrogens is 360 g/mol. The number of hydrogen-bond acceptors (Lipinski definition) is 6. The Hall–Kier alpha value is -3.48. The number of hydrogen-bond donors (Lipinski definition) is 1. The van der Waals surface area contributed by atoms with Crippen molar-refractivity contribution in [2.45, 2.75) is 6.92 Å². The molecule has 1 heterocycles. The van der Waals surface area contributed by atoms with Gasteiger partial charge in [-0.05, 0) is 42.3 Å². The summed E-state index contributed by atoms with van der Waals surface area (Å²) in [5.41, 5.74) is 2.59. The minimum absolute atomic E-state index is 0.184. The molecule has 1 aliphatic heterocycles. The van der Waals surface area contributed by atoms with Crippen LogP contribution in [0.5, 0.6) is 17.2 Å². The molecule has 0 saturated carbocycles. The van der Waals surface area contributed by atoms with E-state index in [-0.39, 0.29) is 11.3 Å². The number of rotatable bonds is 6. The van der Waals surface area contributed by atoms with Crippen LogP contribution in [0.15, 0.2) is 42.1 Å². The molecule has 0 unspecified atom stereocenters. The largest absolute Gasteiger partial charge is 0.495 e. The monoisotopic (exact) mass is 382 g/mol. The van der Waals surface area contributed by atoms with E-state index in [0.29, 0.717) is 28.5 Å². The van der Waals surface area contributed by atoms with E-state index in [1.54, 1.807) is 31.4 Å². The summed E-state index contributed by atoms with van der Waals surface area (Å²) < 4.78 is 16.0. The summed E-state index contributed by atoms with van der Waals surface area (Å²) in [7, 11) is 6.05. The van der Waals surface area contributed by atoms with Gasteiger partial charge in [0.05, 0.1) is 32.6 Å². The molecule has 2 amide bonds. The van der Waals surface area contributed by atoms with Crippen LogP contribution in [0, 0.1) is 6.92 Å². The molecule has 7 heteroatoms. The summed E-state index contributed by atoms with van der Waals surface area (Å²) in [5, 5.41) is 3.10. The van der Waals surface area contributed by atoms with Crippen LogP contribution in [0.4, 0.5) is 5.69 Å². The van der Waals surface area contributed by atoms with Crippen LogP contribution in [0.2, 0.25) is 0 Å². The quantitative estimate of drug-likeness (QED) is 0.774. The summed E-state index contributed by atoms with van der Waals surface area (Å²) >= 11 is 0. The lowest BCUT2D eigenvalue weighted by molar-refractivity contribution is -0.135. The fraction of sp³-hybridized carbons (Fsp3) is 0.238. The number of benzene rings is 2. The number of amides is 2. The van der Waals surface area contributed by atoms with Gasteiger partial charge in [-0.1, -0.05) is 12.1 Å². The second-order valence-corrected chi connectivity index (χ2v) is 6.32. The molecule has 1 N–H and O–H groups in total. The predicted octanol–water partition coefficient (Wildman–Crippen LogP) is 2.84. The number of nitrogens with one attached hydrogen (secondary N) is 1. The fourth-order valence-electron chi connectivity index (χ4n) is 3.07. The van der Waals surface area contributed by atoms with Gasteiger partial charge >= 0.3 is 0 Å². The highest BCUT2D eigenvalue weighted by Gasteiger charge is 2.37. The highest BCUT2D eigenvalue weighted by atomic mass is 16.5. The van der Waals surface area contributed by atoms with Crippen molar-refractivity contribution in [2.24, 2.45) is 0 Å². The molecular formula is C21H22N2O5. The smallest absolute Gasteiger partial charge is 0.277 e. The molecule has 0 saturated heterocycles. The van der Waals surface area contributed by atoms with Crippen molar-refractivity contribution in [3.8, 4) is 17.2 Å². The van der Waals surface area contributed by atoms with Gasteiger partial charge in [0.25, 0.3) is 11.8 Å². The molecule has 0 aromatic heterocycles. The SMILES string of the molecule is COc1ccc(C)cc1NC1=C(c2ccc(OC)c(OC)c2)C(=O)N(C)C1=O. The topological polar surface area (TPSA) is 77.1 Å². The fourth-order valence-corrected chi connectivity index (χ4v) is 3.07. The predicted molar refractivity (Wildman–Crippen MR) is 106 cm³/mol. The number of aryl methyl sites for hydroxylation is 1. The molecule has 0 fully saturated rings. The molecule has 0 bridgehead atoms. The molecule has 2 aromatic carbocycles. The van der Waals surface area contributed by atoms with Gasteiger partial charge in [-0.15, -0.1) is 0 Å². The number of nitrogens with zero attached hydrogens (tertiary/aromatic N) is 1. The molecule has 28 heavy (non-hydrogen) atoms. The molecule has 1 aliphatic rings. The van der Waals surface area contributed by atoms with Gasteiger partial charge < -0.3 is 19.5 Å². The minimum atomic E-state index is -0.418. The van der Waals surface area contributed by atoms with E-state index in [2.05, 4.69) is 5.32 Å². The van der Waals surface area contributed by atoms with Crippen LogP contribution >= 0.6 is 0 Å². The van der Waals surface area contributed by atoms with Gasteiger partial charge in [-0.25, -0.2) is 0 Å². The Balaban J connectivity index is 2.15. The third-order valence-electron chi connectivity index (χ3n) is 4.57. The van der Waals surface area contributed by atoms with Crippen LogP contribution in [-0.2, 0) is 9.59 Å². The Kier molecular flexibility index (Phi) is 5.26. The maximum Gasteiger partial charge on any atom is 0.277 e. The lowest BCUT2D eigenvalue weighted by Crippen LogP contribution is -2.28. The summed E-state index contributed by atoms with van der Waals surface area (Å²) in [6, 6.07) is 10.7. The average Bonchev–Trinajstić information content (AvgIpc) is 2.91. The second-order valence-electron chi connectivity index (χ2n) is 6.32. The van der Waals surface area contributed by atoms with Gasteiger partial charge in [-0.2, -0.15) is 0 Å². The number of methoxy groups -OCH3 is 3. The van der Waals surface area contributed by atoms with Gasteiger partial charge in [0.1, 0.15) is 11.4 Å². The first-order valence-corrected chi connectivity index (χ1v) is 8.62. The standard InChI is InChI=1S/C21H22N2O5/c1-12-6-8-15(26-3)14(10-12)22-19-18(20(24)23(2)21(19)25)13-7-9-16(27-4)17(11-13)28-5/h6-11,22H,1-5H3. The molecule has 0 radical (unpaired) electrons. The first kappa shape index (κ1) is 19.3. The van der Waals surface area contributed by atoms with Crippen molar-refractivity contribution in [3.63, 3.8) is 0 Å². The lowest BCUT2D eigenvalue weighted by Gasteiger charge is -2.14. The number of anilines is 1. The molecule has 0 spiro atoms. The Labute approximate surface area is 163 Å². The maximum atomic E-state index is 12.8. The zero-order valence-corrected chi connectivity index (χ0v) is 16.5. The Bertz CT molecular complexity index is 981. The summed E-state index contributed by atoms with van der Waals surface area (Å²) in [6.45, 7) is 1.93. The molecule has 146 valence electrons. The third-order valence-corrected chi connectivity index (χ3v) is 4.57. The number of likely N-dealkylation sites (N-methyl/N-ethyl adjacent to an activating group) is 1. The van der Waals surface area contributed by atoms with E-state index in [1.807, 2.05) is 19.1 Å². The van der Waals surface area contributed by atoms with E-state index in [0.717, 1.165) is 10.5 Å². The van der Waals surface area contributed by atoms with E-state index >= 15 is 0 Å². The van der Waals surface area contributed by atoms with Crippen LogP contribution in [0.1, 0.15) is 11.1 Å². The highest BCUT2D eigenvalue weighted by molar-refractivity contribution is 6.36. The first-order valence-electron chi connectivity index (χ1n) is 8.62. The Morgan fingerprint density at radius 1 is 0.821 bits per heavy atom. The van der Waals surface area contributed by atoms with Crippen molar-refractivity contribution in [3.05, 3.63) is 53.2 Å². The normalized spacial score (nSPS) is 13.8. The zero-order chi connectivity index (χ0) is 20.4. The van der Waals surface area contributed by atoms with Gasteiger partial charge in [0.2, 0.25) is 0 Å².